The van der Waals surface area contributed by atoms with Crippen molar-refractivity contribution < 1.29 is 4.74 Å². The van der Waals surface area contributed by atoms with Crippen molar-refractivity contribution in [2.24, 2.45) is 0 Å². The SMILES string of the molecule is CCCc1nc2c(n1C1CCOC(C)C1)CCNC2. The third kappa shape index (κ3) is 2.56. The number of imidazole rings is 1. The summed E-state index contributed by atoms with van der Waals surface area (Å²) in [4.78, 5) is 4.90. The largest absolute Gasteiger partial charge is 0.378 e. The predicted octanol–water partition coefficient (Wildman–Crippen LogP) is 2.22. The van der Waals surface area contributed by atoms with Crippen molar-refractivity contribution in [2.45, 2.75) is 64.6 Å². The number of nitrogens with zero attached hydrogens (tertiary/aromatic N) is 2. The van der Waals surface area contributed by atoms with Gasteiger partial charge in [-0.3, -0.25) is 0 Å². The molecule has 0 bridgehead atoms. The van der Waals surface area contributed by atoms with Gasteiger partial charge in [-0.1, -0.05) is 6.92 Å². The zero-order valence-corrected chi connectivity index (χ0v) is 12.1. The minimum atomic E-state index is 0.382. The molecule has 19 heavy (non-hydrogen) atoms. The Morgan fingerprint density at radius 1 is 1.47 bits per heavy atom. The standard InChI is InChI=1S/C15H25N3O/c1-3-4-15-17-13-10-16-7-5-14(13)18(15)12-6-8-19-11(2)9-12/h11-12,16H,3-10H2,1-2H3. The number of hydrogen-bond donors (Lipinski definition) is 1. The number of nitrogens with one attached hydrogen (secondary N) is 1. The summed E-state index contributed by atoms with van der Waals surface area (Å²) in [5.74, 6) is 1.30. The summed E-state index contributed by atoms with van der Waals surface area (Å²) in [6, 6.07) is 0.597. The molecule has 1 fully saturated rings. The van der Waals surface area contributed by atoms with Gasteiger partial charge in [0.25, 0.3) is 0 Å². The van der Waals surface area contributed by atoms with Gasteiger partial charge in [-0.05, 0) is 26.2 Å². The monoisotopic (exact) mass is 263 g/mol. The lowest BCUT2D eigenvalue weighted by atomic mass is 10.0. The van der Waals surface area contributed by atoms with E-state index in [-0.39, 0.29) is 0 Å². The lowest BCUT2D eigenvalue weighted by molar-refractivity contribution is 0.00488. The topological polar surface area (TPSA) is 39.1 Å². The van der Waals surface area contributed by atoms with Gasteiger partial charge in [0.05, 0.1) is 11.8 Å². The second kappa shape index (κ2) is 5.63. The van der Waals surface area contributed by atoms with E-state index in [1.54, 1.807) is 0 Å². The van der Waals surface area contributed by atoms with Crippen LogP contribution in [-0.2, 0) is 24.1 Å². The molecule has 3 heterocycles. The van der Waals surface area contributed by atoms with Crippen LogP contribution in [0.25, 0.3) is 0 Å². The van der Waals surface area contributed by atoms with E-state index >= 15 is 0 Å². The summed E-state index contributed by atoms with van der Waals surface area (Å²) in [5, 5.41) is 3.43. The highest BCUT2D eigenvalue weighted by atomic mass is 16.5. The molecule has 2 atom stereocenters. The number of aryl methyl sites for hydroxylation is 1. The Morgan fingerprint density at radius 3 is 3.16 bits per heavy atom. The fraction of sp³-hybridized carbons (Fsp3) is 0.800. The number of ether oxygens (including phenoxy) is 1. The van der Waals surface area contributed by atoms with Gasteiger partial charge in [-0.2, -0.15) is 0 Å². The van der Waals surface area contributed by atoms with Crippen LogP contribution < -0.4 is 5.32 Å². The first kappa shape index (κ1) is 13.1. The van der Waals surface area contributed by atoms with Gasteiger partial charge >= 0.3 is 0 Å². The molecule has 2 aliphatic rings. The van der Waals surface area contributed by atoms with Gasteiger partial charge in [0.2, 0.25) is 0 Å². The lowest BCUT2D eigenvalue weighted by Gasteiger charge is -2.31. The molecule has 4 heteroatoms. The summed E-state index contributed by atoms with van der Waals surface area (Å²) >= 11 is 0. The Balaban J connectivity index is 1.94. The molecule has 0 saturated carbocycles. The molecular weight excluding hydrogens is 238 g/mol. The van der Waals surface area contributed by atoms with Crippen LogP contribution in [0, 0.1) is 0 Å². The Hall–Kier alpha value is -0.870. The summed E-state index contributed by atoms with van der Waals surface area (Å²) < 4.78 is 8.27. The van der Waals surface area contributed by atoms with Gasteiger partial charge < -0.3 is 14.6 Å². The molecule has 0 radical (unpaired) electrons. The van der Waals surface area contributed by atoms with Crippen LogP contribution in [-0.4, -0.2) is 28.8 Å². The molecule has 1 aromatic rings. The van der Waals surface area contributed by atoms with E-state index in [4.69, 9.17) is 9.72 Å². The summed E-state index contributed by atoms with van der Waals surface area (Å²) in [6.07, 6.45) is 6.04. The van der Waals surface area contributed by atoms with Crippen molar-refractivity contribution in [3.8, 4) is 0 Å². The Bertz CT molecular complexity index is 441. The van der Waals surface area contributed by atoms with Crippen LogP contribution in [0.4, 0.5) is 0 Å². The van der Waals surface area contributed by atoms with Crippen LogP contribution in [0.15, 0.2) is 0 Å². The molecule has 1 aromatic heterocycles. The third-order valence-electron chi connectivity index (χ3n) is 4.29. The van der Waals surface area contributed by atoms with E-state index < -0.39 is 0 Å². The fourth-order valence-corrected chi connectivity index (χ4v) is 3.43. The van der Waals surface area contributed by atoms with E-state index in [0.717, 1.165) is 45.4 Å². The van der Waals surface area contributed by atoms with Crippen molar-refractivity contribution in [1.29, 1.82) is 0 Å². The zero-order chi connectivity index (χ0) is 13.2. The Kier molecular flexibility index (Phi) is 3.89. The molecule has 0 aromatic carbocycles. The number of rotatable bonds is 3. The lowest BCUT2D eigenvalue weighted by Crippen LogP contribution is -2.30. The molecular formula is C15H25N3O. The average molecular weight is 263 g/mol. The molecule has 0 spiro atoms. The zero-order valence-electron chi connectivity index (χ0n) is 12.1. The molecule has 2 unspecified atom stereocenters. The molecule has 2 aliphatic heterocycles. The smallest absolute Gasteiger partial charge is 0.109 e. The molecule has 0 aliphatic carbocycles. The maximum atomic E-state index is 5.70. The second-order valence-electron chi connectivity index (χ2n) is 5.83. The van der Waals surface area contributed by atoms with Crippen LogP contribution in [0.5, 0.6) is 0 Å². The first-order valence-electron chi connectivity index (χ1n) is 7.70. The minimum absolute atomic E-state index is 0.382. The minimum Gasteiger partial charge on any atom is -0.378 e. The van der Waals surface area contributed by atoms with Gasteiger partial charge in [0, 0.05) is 44.3 Å². The maximum absolute atomic E-state index is 5.70. The van der Waals surface area contributed by atoms with Crippen molar-refractivity contribution in [1.82, 2.24) is 14.9 Å². The normalized spacial score (nSPS) is 27.3. The van der Waals surface area contributed by atoms with Crippen LogP contribution in [0.3, 0.4) is 0 Å². The second-order valence-corrected chi connectivity index (χ2v) is 5.83. The van der Waals surface area contributed by atoms with Crippen LogP contribution in [0.1, 0.15) is 56.4 Å². The van der Waals surface area contributed by atoms with Crippen molar-refractivity contribution >= 4 is 0 Å². The highest BCUT2D eigenvalue weighted by molar-refractivity contribution is 5.21. The molecule has 1 saturated heterocycles. The predicted molar refractivity (Wildman–Crippen MR) is 75.3 cm³/mol. The highest BCUT2D eigenvalue weighted by Crippen LogP contribution is 2.30. The third-order valence-corrected chi connectivity index (χ3v) is 4.29. The van der Waals surface area contributed by atoms with E-state index in [9.17, 15) is 0 Å². The summed E-state index contributed by atoms with van der Waals surface area (Å²) in [7, 11) is 0. The average Bonchev–Trinajstić information content (AvgIpc) is 2.77. The van der Waals surface area contributed by atoms with E-state index in [1.165, 1.54) is 23.6 Å². The van der Waals surface area contributed by atoms with Gasteiger partial charge in [0.1, 0.15) is 5.82 Å². The number of fused-ring (bicyclic) bond motifs is 1. The van der Waals surface area contributed by atoms with Crippen LogP contribution >= 0.6 is 0 Å². The van der Waals surface area contributed by atoms with Gasteiger partial charge in [-0.15, -0.1) is 0 Å². The summed E-state index contributed by atoms with van der Waals surface area (Å²) in [5.41, 5.74) is 2.77. The Morgan fingerprint density at radius 2 is 2.37 bits per heavy atom. The molecule has 0 amide bonds. The van der Waals surface area contributed by atoms with Crippen LogP contribution in [0.2, 0.25) is 0 Å². The van der Waals surface area contributed by atoms with Crippen molar-refractivity contribution in [3.63, 3.8) is 0 Å². The van der Waals surface area contributed by atoms with Crippen molar-refractivity contribution in [2.75, 3.05) is 13.2 Å². The number of aromatic nitrogens is 2. The first-order chi connectivity index (χ1) is 9.29. The quantitative estimate of drug-likeness (QED) is 0.909. The summed E-state index contributed by atoms with van der Waals surface area (Å²) in [6.45, 7) is 7.35. The molecule has 106 valence electrons. The maximum Gasteiger partial charge on any atom is 0.109 e. The van der Waals surface area contributed by atoms with Gasteiger partial charge in [-0.25, -0.2) is 4.98 Å². The van der Waals surface area contributed by atoms with Gasteiger partial charge in [0.15, 0.2) is 0 Å². The highest BCUT2D eigenvalue weighted by Gasteiger charge is 2.27. The Labute approximate surface area is 115 Å². The molecule has 1 N–H and O–H groups in total. The van der Waals surface area contributed by atoms with E-state index in [2.05, 4.69) is 23.7 Å². The number of hydrogen-bond acceptors (Lipinski definition) is 3. The van der Waals surface area contributed by atoms with E-state index in [1.807, 2.05) is 0 Å². The molecule has 4 nitrogen and oxygen atoms in total. The fourth-order valence-electron chi connectivity index (χ4n) is 3.43. The molecule has 3 rings (SSSR count). The first-order valence-corrected chi connectivity index (χ1v) is 7.70. The van der Waals surface area contributed by atoms with Crippen molar-refractivity contribution in [3.05, 3.63) is 17.2 Å². The van der Waals surface area contributed by atoms with E-state index in [0.29, 0.717) is 12.1 Å².